The molecule has 0 bridgehead atoms. The molecule has 9 nitrogen and oxygen atoms in total. The number of ether oxygens (including phenoxy) is 2. The van der Waals surface area contributed by atoms with Crippen molar-refractivity contribution in [2.75, 3.05) is 23.5 Å². The molecule has 1 aromatic heterocycles. The lowest BCUT2D eigenvalue weighted by Gasteiger charge is -2.46. The molecule has 3 heterocycles. The first-order valence-electron chi connectivity index (χ1n) is 16.1. The fourth-order valence-electron chi connectivity index (χ4n) is 7.37. The van der Waals surface area contributed by atoms with Gasteiger partial charge in [0, 0.05) is 37.9 Å². The largest absolute Gasteiger partial charge is 0.442 e. The van der Waals surface area contributed by atoms with Gasteiger partial charge in [0.15, 0.2) is 0 Å². The Morgan fingerprint density at radius 1 is 0.952 bits per heavy atom. The number of fused-ring (bicyclic) bond motifs is 1. The molecule has 2 saturated carbocycles. The topological polar surface area (TPSA) is 88.9 Å². The molecular weight excluding hydrogens is 530 g/mol. The number of carbonyl (C=O) groups excluding carboxylic acids is 2. The highest BCUT2D eigenvalue weighted by Gasteiger charge is 2.43. The highest BCUT2D eigenvalue weighted by molar-refractivity contribution is 6.03. The fourth-order valence-corrected chi connectivity index (χ4v) is 7.37. The summed E-state index contributed by atoms with van der Waals surface area (Å²) >= 11 is 0. The first-order valence-corrected chi connectivity index (χ1v) is 16.1. The summed E-state index contributed by atoms with van der Waals surface area (Å²) in [6, 6.07) is 6.26. The van der Waals surface area contributed by atoms with Gasteiger partial charge >= 0.3 is 6.09 Å². The van der Waals surface area contributed by atoms with Crippen LogP contribution in [0.3, 0.4) is 0 Å². The Hall–Kier alpha value is -2.91. The van der Waals surface area contributed by atoms with Gasteiger partial charge in [-0.2, -0.15) is 5.10 Å². The van der Waals surface area contributed by atoms with Gasteiger partial charge in [-0.25, -0.2) is 4.79 Å². The highest BCUT2D eigenvalue weighted by Crippen LogP contribution is 2.41. The summed E-state index contributed by atoms with van der Waals surface area (Å²) in [7, 11) is 1.70. The quantitative estimate of drug-likeness (QED) is 0.442. The zero-order chi connectivity index (χ0) is 29.3. The number of carbonyl (C=O) groups is 2. The number of hydrogen-bond acceptors (Lipinski definition) is 6. The first kappa shape index (κ1) is 29.2. The van der Waals surface area contributed by atoms with Gasteiger partial charge in [-0.05, 0) is 63.1 Å². The Kier molecular flexibility index (Phi) is 8.59. The van der Waals surface area contributed by atoms with Crippen molar-refractivity contribution in [3.8, 4) is 11.1 Å². The van der Waals surface area contributed by atoms with Crippen molar-refractivity contribution in [1.29, 1.82) is 0 Å². The lowest BCUT2D eigenvalue weighted by atomic mass is 9.78. The minimum Gasteiger partial charge on any atom is -0.442 e. The molecule has 2 aliphatic heterocycles. The van der Waals surface area contributed by atoms with Gasteiger partial charge in [-0.3, -0.25) is 19.7 Å². The summed E-state index contributed by atoms with van der Waals surface area (Å²) in [5.74, 6) is -0.0435. The van der Waals surface area contributed by atoms with Gasteiger partial charge in [0.2, 0.25) is 5.91 Å². The number of nitrogens with zero attached hydrogens (tertiary/aromatic N) is 4. The second-order valence-corrected chi connectivity index (χ2v) is 13.0. The molecule has 3 fully saturated rings. The molecule has 3 atom stereocenters. The molecule has 1 saturated heterocycles. The first-order chi connectivity index (χ1) is 20.4. The van der Waals surface area contributed by atoms with Crippen molar-refractivity contribution < 1.29 is 19.1 Å². The number of hydrogen-bond donors (Lipinski definition) is 1. The number of rotatable bonds is 4. The minimum atomic E-state index is -0.395. The summed E-state index contributed by atoms with van der Waals surface area (Å²) in [4.78, 5) is 30.1. The van der Waals surface area contributed by atoms with E-state index in [1.54, 1.807) is 23.8 Å². The molecule has 2 aliphatic carbocycles. The molecule has 228 valence electrons. The summed E-state index contributed by atoms with van der Waals surface area (Å²) in [6.07, 6.45) is 18.2. The summed E-state index contributed by atoms with van der Waals surface area (Å²) in [5.41, 5.74) is 3.42. The van der Waals surface area contributed by atoms with Gasteiger partial charge in [0.25, 0.3) is 0 Å². The predicted octanol–water partition coefficient (Wildman–Crippen LogP) is 6.57. The monoisotopic (exact) mass is 577 g/mol. The number of amides is 2. The van der Waals surface area contributed by atoms with Crippen LogP contribution in [0.15, 0.2) is 30.6 Å². The van der Waals surface area contributed by atoms with Crippen molar-refractivity contribution >= 4 is 23.4 Å². The van der Waals surface area contributed by atoms with Gasteiger partial charge < -0.3 is 14.4 Å². The maximum atomic E-state index is 13.9. The third kappa shape index (κ3) is 6.09. The Labute approximate surface area is 249 Å². The molecule has 6 rings (SSSR count). The molecule has 2 unspecified atom stereocenters. The van der Waals surface area contributed by atoms with Crippen LogP contribution in [0.25, 0.3) is 11.1 Å². The van der Waals surface area contributed by atoms with Crippen LogP contribution in [0, 0.1) is 0 Å². The third-order valence-corrected chi connectivity index (χ3v) is 9.84. The summed E-state index contributed by atoms with van der Waals surface area (Å²) < 4.78 is 14.2. The number of methoxy groups -OCH3 is 1. The Morgan fingerprint density at radius 3 is 2.33 bits per heavy atom. The van der Waals surface area contributed by atoms with E-state index in [-0.39, 0.29) is 29.8 Å². The molecular formula is C33H47N5O4. The average Bonchev–Trinajstić information content (AvgIpc) is 3.72. The van der Waals surface area contributed by atoms with Crippen molar-refractivity contribution in [3.63, 3.8) is 0 Å². The fraction of sp³-hybridized carbons (Fsp3) is 0.667. The third-order valence-electron chi connectivity index (χ3n) is 9.84. The molecule has 2 amide bonds. The number of benzene rings is 1. The van der Waals surface area contributed by atoms with Crippen LogP contribution in [0.5, 0.6) is 0 Å². The number of aromatic nitrogens is 2. The van der Waals surface area contributed by atoms with Gasteiger partial charge in [0.1, 0.15) is 12.3 Å². The summed E-state index contributed by atoms with van der Waals surface area (Å²) in [5, 5.41) is 8.36. The summed E-state index contributed by atoms with van der Waals surface area (Å²) in [6.45, 7) is 3.91. The second kappa shape index (κ2) is 12.4. The van der Waals surface area contributed by atoms with Crippen LogP contribution < -0.4 is 15.1 Å². The lowest BCUT2D eigenvalue weighted by Crippen LogP contribution is -2.61. The minimum absolute atomic E-state index is 0.0435. The van der Waals surface area contributed by atoms with Crippen molar-refractivity contribution in [2.24, 2.45) is 0 Å². The molecule has 1 N–H and O–H groups in total. The standard InChI is InChI=1S/C33H47N5O4/c1-23-21-36(29-19-25(11-14-28(29)38(23)24(2)39)26-20-34-37(22-26)27-12-13-27)32(40)42-30-15-18-33(35-31(30)41-3)16-9-7-5-4-6-8-10-17-33/h11,14,19-20,22-23,27,30-31,35H,4-10,12-13,15-18,21H2,1-3H3/t23-,30?,31?/m0/s1. The maximum absolute atomic E-state index is 13.9. The van der Waals surface area contributed by atoms with Crippen molar-refractivity contribution in [2.45, 2.75) is 127 Å². The van der Waals surface area contributed by atoms with E-state index in [0.29, 0.717) is 18.3 Å². The van der Waals surface area contributed by atoms with Crippen LogP contribution in [0.2, 0.25) is 0 Å². The zero-order valence-corrected chi connectivity index (χ0v) is 25.5. The van der Waals surface area contributed by atoms with Crippen LogP contribution >= 0.6 is 0 Å². The number of piperidine rings is 1. The number of anilines is 2. The van der Waals surface area contributed by atoms with E-state index in [2.05, 4.69) is 16.6 Å². The SMILES string of the molecule is COC1NC2(CCCCCCCCC2)CCC1OC(=O)N1C[C@H](C)N(C(C)=O)c2ccc(-c3cnn(C4CC4)c3)cc21. The number of nitrogens with one attached hydrogen (secondary N) is 1. The smallest absolute Gasteiger partial charge is 0.414 e. The molecule has 42 heavy (non-hydrogen) atoms. The molecule has 2 aromatic rings. The lowest BCUT2D eigenvalue weighted by molar-refractivity contribution is -0.117. The van der Waals surface area contributed by atoms with Crippen LogP contribution in [-0.2, 0) is 14.3 Å². The molecule has 4 aliphatic rings. The van der Waals surface area contributed by atoms with Crippen molar-refractivity contribution in [1.82, 2.24) is 15.1 Å². The molecule has 1 aromatic carbocycles. The van der Waals surface area contributed by atoms with E-state index in [0.717, 1.165) is 55.3 Å². The molecule has 9 heteroatoms. The Morgan fingerprint density at radius 2 is 1.67 bits per heavy atom. The van der Waals surface area contributed by atoms with E-state index in [4.69, 9.17) is 9.47 Å². The Bertz CT molecular complexity index is 1260. The van der Waals surface area contributed by atoms with E-state index in [9.17, 15) is 9.59 Å². The second-order valence-electron chi connectivity index (χ2n) is 13.0. The highest BCUT2D eigenvalue weighted by atomic mass is 16.6. The zero-order valence-electron chi connectivity index (χ0n) is 25.5. The van der Waals surface area contributed by atoms with Crippen LogP contribution in [0.1, 0.15) is 103 Å². The van der Waals surface area contributed by atoms with E-state index < -0.39 is 6.09 Å². The molecule has 1 spiro atoms. The molecule has 0 radical (unpaired) electrons. The van der Waals surface area contributed by atoms with E-state index >= 15 is 0 Å². The maximum Gasteiger partial charge on any atom is 0.414 e. The van der Waals surface area contributed by atoms with Gasteiger partial charge in [-0.15, -0.1) is 0 Å². The average molecular weight is 578 g/mol. The Balaban J connectivity index is 1.22. The van der Waals surface area contributed by atoms with Gasteiger partial charge in [-0.1, -0.05) is 51.0 Å². The van der Waals surface area contributed by atoms with Gasteiger partial charge in [0.05, 0.1) is 29.7 Å². The van der Waals surface area contributed by atoms with E-state index in [1.807, 2.05) is 36.0 Å². The van der Waals surface area contributed by atoms with E-state index in [1.165, 1.54) is 44.9 Å². The normalized spacial score (nSPS) is 26.5. The van der Waals surface area contributed by atoms with Crippen molar-refractivity contribution in [3.05, 3.63) is 30.6 Å². The van der Waals surface area contributed by atoms with Crippen LogP contribution in [-0.4, -0.2) is 59.3 Å². The predicted molar refractivity (Wildman–Crippen MR) is 164 cm³/mol. The van der Waals surface area contributed by atoms with Crippen LogP contribution in [0.4, 0.5) is 16.2 Å².